The van der Waals surface area contributed by atoms with Crippen LogP contribution >= 0.6 is 69.6 Å². The fourth-order valence-corrected chi connectivity index (χ4v) is 3.11. The third-order valence-electron chi connectivity index (χ3n) is 2.32. The highest BCUT2D eigenvalue weighted by molar-refractivity contribution is 6.51. The lowest BCUT2D eigenvalue weighted by Crippen LogP contribution is -1.87. The summed E-state index contributed by atoms with van der Waals surface area (Å²) in [6, 6.07) is 6.57. The van der Waals surface area contributed by atoms with E-state index in [9.17, 15) is 0 Å². The van der Waals surface area contributed by atoms with Gasteiger partial charge in [0.2, 0.25) is 0 Å². The van der Waals surface area contributed by atoms with Crippen molar-refractivity contribution in [1.82, 2.24) is 0 Å². The van der Waals surface area contributed by atoms with Crippen LogP contribution in [-0.2, 0) is 0 Å². The molecule has 18 heavy (non-hydrogen) atoms. The molecule has 0 saturated carbocycles. The highest BCUT2D eigenvalue weighted by Crippen LogP contribution is 2.47. The molecule has 0 amide bonds. The van der Waals surface area contributed by atoms with Crippen molar-refractivity contribution in [3.63, 3.8) is 0 Å². The predicted octanol–water partition coefficient (Wildman–Crippen LogP) is 7.27. The molecule has 0 saturated heterocycles. The van der Waals surface area contributed by atoms with E-state index in [1.807, 2.05) is 0 Å². The normalized spacial score (nSPS) is 10.8. The van der Waals surface area contributed by atoms with Crippen LogP contribution in [0, 0.1) is 0 Å². The van der Waals surface area contributed by atoms with Crippen LogP contribution in [0.5, 0.6) is 0 Å². The lowest BCUT2D eigenvalue weighted by molar-refractivity contribution is 1.61. The van der Waals surface area contributed by atoms with E-state index in [-0.39, 0.29) is 20.1 Å². The lowest BCUT2D eigenvalue weighted by atomic mass is 10.1. The molecule has 0 aliphatic heterocycles. The first-order valence-electron chi connectivity index (χ1n) is 4.71. The van der Waals surface area contributed by atoms with Gasteiger partial charge in [-0.25, -0.2) is 0 Å². The Balaban J connectivity index is 2.87. The monoisotopic (exact) mass is 358 g/mol. The van der Waals surface area contributed by atoms with Crippen LogP contribution in [0.25, 0.3) is 11.1 Å². The fourth-order valence-electron chi connectivity index (χ4n) is 1.53. The van der Waals surface area contributed by atoms with Gasteiger partial charge in [0.05, 0.1) is 20.1 Å². The van der Waals surface area contributed by atoms with Crippen molar-refractivity contribution in [2.75, 3.05) is 0 Å². The van der Waals surface area contributed by atoms with Crippen molar-refractivity contribution in [3.05, 3.63) is 54.4 Å². The van der Waals surface area contributed by atoms with E-state index in [4.69, 9.17) is 69.6 Å². The molecule has 6 heteroatoms. The van der Waals surface area contributed by atoms with Gasteiger partial charge in [0, 0.05) is 21.2 Å². The van der Waals surface area contributed by atoms with Crippen LogP contribution in [0.3, 0.4) is 0 Å². The zero-order chi connectivity index (χ0) is 13.4. The van der Waals surface area contributed by atoms with Gasteiger partial charge in [-0.15, -0.1) is 0 Å². The molecule has 0 aromatic heterocycles. The summed E-state index contributed by atoms with van der Waals surface area (Å²) in [5.41, 5.74) is 0.951. The van der Waals surface area contributed by atoms with Gasteiger partial charge < -0.3 is 0 Å². The molecule has 0 nitrogen and oxygen atoms in total. The van der Waals surface area contributed by atoms with E-state index in [0.29, 0.717) is 21.2 Å². The van der Waals surface area contributed by atoms with Gasteiger partial charge in [0.1, 0.15) is 0 Å². The summed E-state index contributed by atoms with van der Waals surface area (Å²) in [5, 5.41) is 1.95. The molecule has 0 unspecified atom stereocenters. The van der Waals surface area contributed by atoms with Gasteiger partial charge >= 0.3 is 0 Å². The van der Waals surface area contributed by atoms with Gasteiger partial charge in [-0.2, -0.15) is 0 Å². The highest BCUT2D eigenvalue weighted by atomic mass is 35.5. The second kappa shape index (κ2) is 5.66. The number of benzene rings is 2. The topological polar surface area (TPSA) is 0 Å². The van der Waals surface area contributed by atoms with Crippen LogP contribution < -0.4 is 0 Å². The number of halogens is 6. The molecule has 0 atom stereocenters. The Morgan fingerprint density at radius 1 is 0.556 bits per heavy atom. The van der Waals surface area contributed by atoms with Crippen LogP contribution in [0.2, 0.25) is 30.1 Å². The molecular formula is C12H4Cl6. The van der Waals surface area contributed by atoms with Crippen molar-refractivity contribution in [3.8, 4) is 11.1 Å². The molecule has 2 aromatic carbocycles. The molecule has 94 valence electrons. The molecule has 0 spiro atoms. The largest absolute Gasteiger partial charge is 0.0836 e. The Morgan fingerprint density at radius 3 is 1.44 bits per heavy atom. The Bertz CT molecular complexity index is 574. The summed E-state index contributed by atoms with van der Waals surface area (Å²) in [6.45, 7) is 0. The maximum atomic E-state index is 6.16. The average molecular weight is 361 g/mol. The summed E-state index contributed by atoms with van der Waals surface area (Å²) in [6.07, 6.45) is 0. The Labute approximate surface area is 134 Å². The SMILES string of the molecule is Clc1cc(Cl)c(Cl)c(-c2c(Cl)cccc2Cl)c1Cl. The Hall–Kier alpha value is 0.180. The summed E-state index contributed by atoms with van der Waals surface area (Å²) >= 11 is 36.5. The van der Waals surface area contributed by atoms with E-state index >= 15 is 0 Å². The molecule has 2 aromatic rings. The van der Waals surface area contributed by atoms with Crippen LogP contribution in [0.15, 0.2) is 24.3 Å². The van der Waals surface area contributed by atoms with Gasteiger partial charge in [-0.3, -0.25) is 0 Å². The van der Waals surface area contributed by atoms with Crippen LogP contribution in [0.1, 0.15) is 0 Å². The second-order valence-electron chi connectivity index (χ2n) is 3.44. The summed E-state index contributed by atoms with van der Waals surface area (Å²) in [7, 11) is 0. The van der Waals surface area contributed by atoms with E-state index in [0.717, 1.165) is 0 Å². The van der Waals surface area contributed by atoms with E-state index in [1.54, 1.807) is 18.2 Å². The predicted molar refractivity (Wildman–Crippen MR) is 81.9 cm³/mol. The van der Waals surface area contributed by atoms with Crippen LogP contribution in [0.4, 0.5) is 0 Å². The van der Waals surface area contributed by atoms with Gasteiger partial charge in [0.15, 0.2) is 0 Å². The van der Waals surface area contributed by atoms with Crippen molar-refractivity contribution in [2.45, 2.75) is 0 Å². The van der Waals surface area contributed by atoms with Gasteiger partial charge in [-0.05, 0) is 18.2 Å². The highest BCUT2D eigenvalue weighted by Gasteiger charge is 2.19. The first-order valence-corrected chi connectivity index (χ1v) is 6.97. The van der Waals surface area contributed by atoms with E-state index in [2.05, 4.69) is 0 Å². The maximum absolute atomic E-state index is 6.16. The van der Waals surface area contributed by atoms with Crippen molar-refractivity contribution in [2.24, 2.45) is 0 Å². The fraction of sp³-hybridized carbons (Fsp3) is 0. The Morgan fingerprint density at radius 2 is 1.00 bits per heavy atom. The summed E-state index contributed by atoms with van der Waals surface area (Å²) in [5.74, 6) is 0. The molecule has 0 radical (unpaired) electrons. The zero-order valence-corrected chi connectivity index (χ0v) is 13.1. The smallest absolute Gasteiger partial charge is 0.0687 e. The standard InChI is InChI=1S/C12H4Cl6/c13-5-2-1-3-6(14)9(5)10-11(17)7(15)4-8(16)12(10)18/h1-4H. The quantitative estimate of drug-likeness (QED) is 0.469. The Kier molecular flexibility index (Phi) is 4.59. The van der Waals surface area contributed by atoms with Crippen molar-refractivity contribution >= 4 is 69.6 Å². The zero-order valence-electron chi connectivity index (χ0n) is 8.58. The maximum Gasteiger partial charge on any atom is 0.0687 e. The van der Waals surface area contributed by atoms with Crippen molar-refractivity contribution in [1.29, 1.82) is 0 Å². The van der Waals surface area contributed by atoms with Gasteiger partial charge in [-0.1, -0.05) is 75.7 Å². The summed E-state index contributed by atoms with van der Waals surface area (Å²) in [4.78, 5) is 0. The minimum atomic E-state index is 0.265. The van der Waals surface area contributed by atoms with Crippen LogP contribution in [-0.4, -0.2) is 0 Å². The second-order valence-corrected chi connectivity index (χ2v) is 5.82. The molecule has 0 N–H and O–H groups in total. The molecule has 0 heterocycles. The number of hydrogen-bond donors (Lipinski definition) is 0. The van der Waals surface area contributed by atoms with Crippen molar-refractivity contribution < 1.29 is 0 Å². The molecule has 0 aliphatic rings. The summed E-state index contributed by atoms with van der Waals surface area (Å²) < 4.78 is 0. The first-order chi connectivity index (χ1) is 8.43. The minimum absolute atomic E-state index is 0.265. The molecular weight excluding hydrogens is 357 g/mol. The number of hydrogen-bond acceptors (Lipinski definition) is 0. The molecule has 0 bridgehead atoms. The average Bonchev–Trinajstić information content (AvgIpc) is 2.30. The molecule has 0 fully saturated rings. The van der Waals surface area contributed by atoms with E-state index < -0.39 is 0 Å². The molecule has 0 aliphatic carbocycles. The van der Waals surface area contributed by atoms with Gasteiger partial charge in [0.25, 0.3) is 0 Å². The molecule has 2 rings (SSSR count). The number of rotatable bonds is 1. The third-order valence-corrected chi connectivity index (χ3v) is 4.53. The first kappa shape index (κ1) is 14.6. The lowest BCUT2D eigenvalue weighted by Gasteiger charge is -2.13. The third kappa shape index (κ3) is 2.56. The minimum Gasteiger partial charge on any atom is -0.0836 e. The van der Waals surface area contributed by atoms with E-state index in [1.165, 1.54) is 6.07 Å².